The molecule has 3 aromatic rings. The Morgan fingerprint density at radius 3 is 2.28 bits per heavy atom. The lowest BCUT2D eigenvalue weighted by molar-refractivity contribution is -0.206. The van der Waals surface area contributed by atoms with Crippen molar-refractivity contribution >= 4 is 5.78 Å². The number of Topliss-reactive ketones (excluding diaryl/α,β-unsaturated/α-hetero) is 1. The molecule has 2 N–H and O–H groups in total. The number of nitrogens with zero attached hydrogens (tertiary/aromatic N) is 1. The first kappa shape index (κ1) is 23.6. The number of aromatic nitrogens is 1. The van der Waals surface area contributed by atoms with Gasteiger partial charge in [-0.1, -0.05) is 31.2 Å². The number of carbonyl (C=O) groups is 1. The lowest BCUT2D eigenvalue weighted by atomic mass is 9.91. The highest BCUT2D eigenvalue weighted by Gasteiger charge is 2.39. The normalized spacial score (nSPS) is 13.6. The summed E-state index contributed by atoms with van der Waals surface area (Å²) in [6, 6.07) is 12.8. The molecule has 8 heteroatoms. The highest BCUT2D eigenvalue weighted by atomic mass is 19.4. The molecule has 0 aliphatic carbocycles. The van der Waals surface area contributed by atoms with Gasteiger partial charge in [-0.3, -0.25) is 9.78 Å². The van der Waals surface area contributed by atoms with Crippen LogP contribution in [0.1, 0.15) is 52.5 Å². The van der Waals surface area contributed by atoms with E-state index in [9.17, 15) is 32.6 Å². The summed E-state index contributed by atoms with van der Waals surface area (Å²) < 4.78 is 52.6. The van der Waals surface area contributed by atoms with Crippen LogP contribution >= 0.6 is 0 Å². The summed E-state index contributed by atoms with van der Waals surface area (Å²) in [5, 5.41) is 19.0. The first-order valence-corrected chi connectivity index (χ1v) is 9.83. The van der Waals surface area contributed by atoms with Crippen molar-refractivity contribution in [1.82, 2.24) is 4.98 Å². The molecule has 2 atom stereocenters. The van der Waals surface area contributed by atoms with Crippen molar-refractivity contribution in [3.05, 3.63) is 89.0 Å². The summed E-state index contributed by atoms with van der Waals surface area (Å²) in [7, 11) is 0. The van der Waals surface area contributed by atoms with Crippen molar-refractivity contribution in [3.63, 3.8) is 0 Å². The number of pyridine rings is 1. The van der Waals surface area contributed by atoms with Crippen molar-refractivity contribution in [1.29, 1.82) is 0 Å². The van der Waals surface area contributed by atoms with Crippen LogP contribution in [0.5, 0.6) is 0 Å². The summed E-state index contributed by atoms with van der Waals surface area (Å²) in [6.45, 7) is 1.52. The number of hydrogen-bond donors (Lipinski definition) is 2. The van der Waals surface area contributed by atoms with E-state index in [4.69, 9.17) is 0 Å². The largest absolute Gasteiger partial charge is 0.418 e. The summed E-state index contributed by atoms with van der Waals surface area (Å²) in [6.07, 6.45) is -6.68. The Bertz CT molecular complexity index is 1080. The maximum absolute atomic E-state index is 13.2. The maximum atomic E-state index is 13.2. The predicted octanol–water partition coefficient (Wildman–Crippen LogP) is 5.35. The first-order chi connectivity index (χ1) is 15.1. The van der Waals surface area contributed by atoms with E-state index in [2.05, 4.69) is 4.98 Å². The number of aliphatic hydroxyl groups excluding tert-OH is 2. The molecule has 0 saturated heterocycles. The third kappa shape index (κ3) is 5.57. The van der Waals surface area contributed by atoms with Gasteiger partial charge in [0.2, 0.25) is 0 Å². The predicted molar refractivity (Wildman–Crippen MR) is 110 cm³/mol. The van der Waals surface area contributed by atoms with Crippen LogP contribution in [0.15, 0.2) is 60.8 Å². The lowest BCUT2D eigenvalue weighted by Crippen LogP contribution is -2.20. The molecule has 1 unspecified atom stereocenters. The minimum Gasteiger partial charge on any atom is -0.392 e. The van der Waals surface area contributed by atoms with E-state index in [1.165, 1.54) is 24.3 Å². The first-order valence-electron chi connectivity index (χ1n) is 9.83. The zero-order valence-corrected chi connectivity index (χ0v) is 17.1. The second-order valence-electron chi connectivity index (χ2n) is 7.57. The standard InChI is InChI=1S/C24H21F4NO3/c1-14(21-7-6-20(25)12-29-21)8-22(31)18-9-17(16-4-2-15(13-30)3-5-16)10-19(11-18)23(32)24(26,27)28/h2-7,9-12,14,23,30,32H,8,13H2,1H3/t14-,23?/m0/s1. The molecule has 0 aliphatic rings. The Kier molecular flexibility index (Phi) is 7.06. The highest BCUT2D eigenvalue weighted by Crippen LogP contribution is 2.35. The van der Waals surface area contributed by atoms with Gasteiger partial charge in [0.25, 0.3) is 0 Å². The third-order valence-electron chi connectivity index (χ3n) is 5.12. The van der Waals surface area contributed by atoms with E-state index in [0.29, 0.717) is 22.4 Å². The number of carbonyl (C=O) groups excluding carboxylic acids is 1. The fourth-order valence-electron chi connectivity index (χ4n) is 3.31. The number of hydrogen-bond acceptors (Lipinski definition) is 4. The van der Waals surface area contributed by atoms with Crippen molar-refractivity contribution in [2.24, 2.45) is 0 Å². The van der Waals surface area contributed by atoms with Crippen LogP contribution < -0.4 is 0 Å². The van der Waals surface area contributed by atoms with Crippen molar-refractivity contribution in [2.45, 2.75) is 38.1 Å². The summed E-state index contributed by atoms with van der Waals surface area (Å²) in [5.74, 6) is -1.35. The molecule has 0 radical (unpaired) electrons. The van der Waals surface area contributed by atoms with Crippen LogP contribution in [0.3, 0.4) is 0 Å². The molecule has 0 aliphatic heterocycles. The zero-order valence-electron chi connectivity index (χ0n) is 17.1. The number of ketones is 1. The van der Waals surface area contributed by atoms with E-state index >= 15 is 0 Å². The van der Waals surface area contributed by atoms with Crippen LogP contribution in [0.25, 0.3) is 11.1 Å². The summed E-state index contributed by atoms with van der Waals surface area (Å²) in [5.41, 5.74) is 1.52. The van der Waals surface area contributed by atoms with Gasteiger partial charge < -0.3 is 10.2 Å². The van der Waals surface area contributed by atoms with Crippen molar-refractivity contribution < 1.29 is 32.6 Å². The SMILES string of the molecule is C[C@@H](CC(=O)c1cc(-c2ccc(CO)cc2)cc(C(O)C(F)(F)F)c1)c1ccc(F)cn1. The van der Waals surface area contributed by atoms with Gasteiger partial charge in [-0.15, -0.1) is 0 Å². The third-order valence-corrected chi connectivity index (χ3v) is 5.12. The van der Waals surface area contributed by atoms with Crippen molar-refractivity contribution in [3.8, 4) is 11.1 Å². The van der Waals surface area contributed by atoms with Gasteiger partial charge in [0.1, 0.15) is 5.82 Å². The van der Waals surface area contributed by atoms with E-state index < -0.39 is 35.4 Å². The van der Waals surface area contributed by atoms with Gasteiger partial charge in [-0.2, -0.15) is 13.2 Å². The Balaban J connectivity index is 1.97. The van der Waals surface area contributed by atoms with Gasteiger partial charge in [0, 0.05) is 23.6 Å². The molecule has 168 valence electrons. The van der Waals surface area contributed by atoms with Crippen LogP contribution in [0.4, 0.5) is 17.6 Å². The molecule has 2 aromatic carbocycles. The number of benzene rings is 2. The fourth-order valence-corrected chi connectivity index (χ4v) is 3.31. The minimum absolute atomic E-state index is 0.0148. The molecule has 0 amide bonds. The molecule has 0 saturated carbocycles. The molecule has 0 fully saturated rings. The molecule has 1 aromatic heterocycles. The minimum atomic E-state index is -4.90. The van der Waals surface area contributed by atoms with Crippen LogP contribution in [-0.4, -0.2) is 27.2 Å². The fraction of sp³-hybridized carbons (Fsp3) is 0.250. The molecule has 32 heavy (non-hydrogen) atoms. The molecule has 3 rings (SSSR count). The van der Waals surface area contributed by atoms with Gasteiger partial charge in [-0.25, -0.2) is 4.39 Å². The molecular formula is C24H21F4NO3. The van der Waals surface area contributed by atoms with Gasteiger partial charge in [0.05, 0.1) is 12.8 Å². The Morgan fingerprint density at radius 1 is 1.03 bits per heavy atom. The van der Waals surface area contributed by atoms with Crippen LogP contribution in [-0.2, 0) is 6.61 Å². The topological polar surface area (TPSA) is 70.4 Å². The van der Waals surface area contributed by atoms with Gasteiger partial charge in [0.15, 0.2) is 11.9 Å². The average Bonchev–Trinajstić information content (AvgIpc) is 2.78. The van der Waals surface area contributed by atoms with Crippen LogP contribution in [0, 0.1) is 5.82 Å². The number of halogens is 4. The van der Waals surface area contributed by atoms with E-state index in [1.807, 2.05) is 0 Å². The zero-order chi connectivity index (χ0) is 23.5. The number of rotatable bonds is 7. The molecule has 1 heterocycles. The molecule has 4 nitrogen and oxygen atoms in total. The highest BCUT2D eigenvalue weighted by molar-refractivity contribution is 5.98. The van der Waals surface area contributed by atoms with E-state index in [0.717, 1.165) is 12.3 Å². The average molecular weight is 447 g/mol. The smallest absolute Gasteiger partial charge is 0.392 e. The second kappa shape index (κ2) is 9.58. The number of aliphatic hydroxyl groups is 2. The Labute approximate surface area is 182 Å². The molecular weight excluding hydrogens is 426 g/mol. The van der Waals surface area contributed by atoms with Gasteiger partial charge in [-0.05, 0) is 52.6 Å². The van der Waals surface area contributed by atoms with Crippen molar-refractivity contribution in [2.75, 3.05) is 0 Å². The quantitative estimate of drug-likeness (QED) is 0.378. The van der Waals surface area contributed by atoms with Gasteiger partial charge >= 0.3 is 6.18 Å². The van der Waals surface area contributed by atoms with E-state index in [1.54, 1.807) is 31.2 Å². The molecule has 0 spiro atoms. The summed E-state index contributed by atoms with van der Waals surface area (Å²) in [4.78, 5) is 16.9. The Hall–Kier alpha value is -3.10. The van der Waals surface area contributed by atoms with Crippen LogP contribution in [0.2, 0.25) is 0 Å². The monoisotopic (exact) mass is 447 g/mol. The Morgan fingerprint density at radius 2 is 1.72 bits per heavy atom. The maximum Gasteiger partial charge on any atom is 0.418 e. The molecule has 0 bridgehead atoms. The second-order valence-corrected chi connectivity index (χ2v) is 7.57. The lowest BCUT2D eigenvalue weighted by Gasteiger charge is -2.18. The summed E-state index contributed by atoms with van der Waals surface area (Å²) >= 11 is 0. The number of alkyl halides is 3. The van der Waals surface area contributed by atoms with E-state index in [-0.39, 0.29) is 18.6 Å².